The third-order valence-electron chi connectivity index (χ3n) is 5.33. The van der Waals surface area contributed by atoms with E-state index in [4.69, 9.17) is 4.74 Å². The first kappa shape index (κ1) is 20.2. The van der Waals surface area contributed by atoms with Crippen LogP contribution in [-0.4, -0.2) is 40.6 Å². The van der Waals surface area contributed by atoms with E-state index in [1.807, 2.05) is 12.1 Å². The smallest absolute Gasteiger partial charge is 0.252 e. The normalized spacial score (nSPS) is 15.4. The summed E-state index contributed by atoms with van der Waals surface area (Å²) in [5, 5.41) is 3.20. The van der Waals surface area contributed by atoms with Gasteiger partial charge in [0.25, 0.3) is 5.56 Å². The molecule has 2 aromatic carbocycles. The minimum absolute atomic E-state index is 0.145. The summed E-state index contributed by atoms with van der Waals surface area (Å²) in [5.74, 6) is 1.54. The summed E-state index contributed by atoms with van der Waals surface area (Å²) in [7, 11) is 0. The van der Waals surface area contributed by atoms with Crippen LogP contribution in [0.2, 0.25) is 0 Å². The summed E-state index contributed by atoms with van der Waals surface area (Å²) in [6.45, 7) is 3.46. The highest BCUT2D eigenvalue weighted by molar-refractivity contribution is 5.35. The average Bonchev–Trinajstić information content (AvgIpc) is 2.77. The first-order chi connectivity index (χ1) is 14.8. The maximum absolute atomic E-state index is 11.4. The van der Waals surface area contributed by atoms with Crippen LogP contribution in [0.1, 0.15) is 24.0 Å². The molecule has 6 heteroatoms. The Kier molecular flexibility index (Phi) is 6.77. The highest BCUT2D eigenvalue weighted by atomic mass is 16.5. The molecule has 4 rings (SSSR count). The predicted octanol–water partition coefficient (Wildman–Crippen LogP) is 3.47. The Morgan fingerprint density at radius 1 is 1.10 bits per heavy atom. The van der Waals surface area contributed by atoms with Crippen molar-refractivity contribution in [2.45, 2.75) is 31.9 Å². The van der Waals surface area contributed by atoms with Gasteiger partial charge in [-0.2, -0.15) is 0 Å². The molecule has 0 amide bonds. The second-order valence-corrected chi connectivity index (χ2v) is 7.67. The molecule has 1 unspecified atom stereocenters. The molecule has 0 fully saturated rings. The molecule has 0 spiro atoms. The molecule has 0 radical (unpaired) electrons. The Balaban J connectivity index is 1.34. The minimum atomic E-state index is -0.145. The number of ether oxygens (including phenoxy) is 1. The molecule has 3 aromatic rings. The molecule has 156 valence electrons. The zero-order valence-corrected chi connectivity index (χ0v) is 17.1. The van der Waals surface area contributed by atoms with Crippen LogP contribution >= 0.6 is 0 Å². The molecule has 0 saturated heterocycles. The summed E-state index contributed by atoms with van der Waals surface area (Å²) < 4.78 is 6.28. The van der Waals surface area contributed by atoms with Gasteiger partial charge in [-0.25, -0.2) is 4.98 Å². The van der Waals surface area contributed by atoms with Gasteiger partial charge in [0.1, 0.15) is 11.9 Å². The van der Waals surface area contributed by atoms with Crippen LogP contribution < -0.4 is 15.6 Å². The van der Waals surface area contributed by atoms with Gasteiger partial charge in [0, 0.05) is 38.4 Å². The first-order valence-electron chi connectivity index (χ1n) is 10.6. The number of aryl methyl sites for hydroxylation is 1. The molecule has 1 atom stereocenters. The maximum atomic E-state index is 11.4. The third kappa shape index (κ3) is 5.70. The highest BCUT2D eigenvalue weighted by Crippen LogP contribution is 2.27. The Morgan fingerprint density at radius 2 is 1.93 bits per heavy atom. The topological polar surface area (TPSA) is 70.2 Å². The molecule has 2 heterocycles. The number of rotatable bonds is 9. The summed E-state index contributed by atoms with van der Waals surface area (Å²) in [6, 6.07) is 20.3. The SMILES string of the molecule is O=c1ccnc(NCCCN(Cc2ccccc2)CC2CCc3ccccc3O2)[nH]1. The van der Waals surface area contributed by atoms with E-state index in [1.54, 1.807) is 0 Å². The number of para-hydroxylation sites is 1. The summed E-state index contributed by atoms with van der Waals surface area (Å²) in [4.78, 5) is 20.7. The van der Waals surface area contributed by atoms with E-state index >= 15 is 0 Å². The van der Waals surface area contributed by atoms with Gasteiger partial charge in [-0.3, -0.25) is 14.7 Å². The van der Waals surface area contributed by atoms with Gasteiger partial charge in [-0.1, -0.05) is 48.5 Å². The lowest BCUT2D eigenvalue weighted by Gasteiger charge is -2.31. The zero-order valence-electron chi connectivity index (χ0n) is 17.1. The molecular formula is C24H28N4O2. The summed E-state index contributed by atoms with van der Waals surface area (Å²) in [6.07, 6.45) is 4.75. The van der Waals surface area contributed by atoms with E-state index in [1.165, 1.54) is 23.4 Å². The van der Waals surface area contributed by atoms with Crippen LogP contribution in [0.3, 0.4) is 0 Å². The predicted molar refractivity (Wildman–Crippen MR) is 119 cm³/mol. The van der Waals surface area contributed by atoms with Crippen LogP contribution in [0.4, 0.5) is 5.95 Å². The molecular weight excluding hydrogens is 376 g/mol. The zero-order chi connectivity index (χ0) is 20.6. The summed E-state index contributed by atoms with van der Waals surface area (Å²) >= 11 is 0. The fourth-order valence-electron chi connectivity index (χ4n) is 3.84. The van der Waals surface area contributed by atoms with Gasteiger partial charge < -0.3 is 10.1 Å². The van der Waals surface area contributed by atoms with Gasteiger partial charge in [0.15, 0.2) is 0 Å². The van der Waals surface area contributed by atoms with Crippen molar-refractivity contribution in [3.63, 3.8) is 0 Å². The number of nitrogens with zero attached hydrogens (tertiary/aromatic N) is 2. The van der Waals surface area contributed by atoms with Crippen molar-refractivity contribution in [2.75, 3.05) is 25.0 Å². The lowest BCUT2D eigenvalue weighted by atomic mass is 10.0. The average molecular weight is 405 g/mol. The van der Waals surface area contributed by atoms with Crippen molar-refractivity contribution in [3.05, 3.63) is 88.3 Å². The molecule has 0 aliphatic carbocycles. The van der Waals surface area contributed by atoms with Gasteiger partial charge in [0.05, 0.1) is 0 Å². The standard InChI is InChI=1S/C24H28N4O2/c29-23-13-15-26-24(27-23)25-14-6-16-28(17-19-7-2-1-3-8-19)18-21-12-11-20-9-4-5-10-22(20)30-21/h1-5,7-10,13,15,21H,6,11-12,14,16-18H2,(H2,25,26,27,29). The number of anilines is 1. The number of hydrogen-bond donors (Lipinski definition) is 2. The fraction of sp³-hybridized carbons (Fsp3) is 0.333. The van der Waals surface area contributed by atoms with Crippen molar-refractivity contribution in [3.8, 4) is 5.75 Å². The number of aromatic nitrogens is 2. The van der Waals surface area contributed by atoms with Crippen molar-refractivity contribution in [1.82, 2.24) is 14.9 Å². The maximum Gasteiger partial charge on any atom is 0.252 e. The molecule has 1 aliphatic heterocycles. The lowest BCUT2D eigenvalue weighted by molar-refractivity contribution is 0.110. The minimum Gasteiger partial charge on any atom is -0.489 e. The monoisotopic (exact) mass is 404 g/mol. The highest BCUT2D eigenvalue weighted by Gasteiger charge is 2.22. The second-order valence-electron chi connectivity index (χ2n) is 7.67. The van der Waals surface area contributed by atoms with Crippen LogP contribution in [0.5, 0.6) is 5.75 Å². The molecule has 6 nitrogen and oxygen atoms in total. The largest absolute Gasteiger partial charge is 0.489 e. The van der Waals surface area contributed by atoms with E-state index in [2.05, 4.69) is 62.6 Å². The van der Waals surface area contributed by atoms with Crippen LogP contribution in [-0.2, 0) is 13.0 Å². The Bertz CT molecular complexity index is 990. The Labute approximate surface area is 176 Å². The Morgan fingerprint density at radius 3 is 2.80 bits per heavy atom. The van der Waals surface area contributed by atoms with Crippen LogP contribution in [0, 0.1) is 0 Å². The lowest BCUT2D eigenvalue weighted by Crippen LogP contribution is -2.38. The number of benzene rings is 2. The molecule has 30 heavy (non-hydrogen) atoms. The number of fused-ring (bicyclic) bond motifs is 1. The number of hydrogen-bond acceptors (Lipinski definition) is 5. The first-order valence-corrected chi connectivity index (χ1v) is 10.6. The third-order valence-corrected chi connectivity index (χ3v) is 5.33. The van der Waals surface area contributed by atoms with E-state index in [0.717, 1.165) is 51.2 Å². The van der Waals surface area contributed by atoms with Gasteiger partial charge in [-0.05, 0) is 36.5 Å². The van der Waals surface area contributed by atoms with Gasteiger partial charge in [-0.15, -0.1) is 0 Å². The Hall–Kier alpha value is -3.12. The molecule has 1 aromatic heterocycles. The molecule has 0 saturated carbocycles. The second kappa shape index (κ2) is 10.1. The quantitative estimate of drug-likeness (QED) is 0.535. The van der Waals surface area contributed by atoms with E-state index in [-0.39, 0.29) is 11.7 Å². The molecule has 0 bridgehead atoms. The van der Waals surface area contributed by atoms with Crippen molar-refractivity contribution < 1.29 is 4.74 Å². The van der Waals surface area contributed by atoms with Crippen molar-refractivity contribution in [1.29, 1.82) is 0 Å². The van der Waals surface area contributed by atoms with Gasteiger partial charge >= 0.3 is 0 Å². The number of nitrogens with one attached hydrogen (secondary N) is 2. The fourth-order valence-corrected chi connectivity index (χ4v) is 3.84. The van der Waals surface area contributed by atoms with E-state index < -0.39 is 0 Å². The van der Waals surface area contributed by atoms with Crippen molar-refractivity contribution >= 4 is 5.95 Å². The van der Waals surface area contributed by atoms with Gasteiger partial charge in [0.2, 0.25) is 5.95 Å². The number of aromatic amines is 1. The van der Waals surface area contributed by atoms with E-state index in [9.17, 15) is 4.79 Å². The number of H-pyrrole nitrogens is 1. The van der Waals surface area contributed by atoms with Crippen molar-refractivity contribution in [2.24, 2.45) is 0 Å². The molecule has 1 aliphatic rings. The summed E-state index contributed by atoms with van der Waals surface area (Å²) in [5.41, 5.74) is 2.46. The van der Waals surface area contributed by atoms with Crippen LogP contribution in [0.15, 0.2) is 71.7 Å². The van der Waals surface area contributed by atoms with E-state index in [0.29, 0.717) is 5.95 Å². The molecule has 2 N–H and O–H groups in total. The van der Waals surface area contributed by atoms with Crippen LogP contribution in [0.25, 0.3) is 0 Å².